The van der Waals surface area contributed by atoms with Crippen molar-refractivity contribution in [1.82, 2.24) is 5.16 Å². The van der Waals surface area contributed by atoms with Gasteiger partial charge in [-0.15, -0.1) is 0 Å². The summed E-state index contributed by atoms with van der Waals surface area (Å²) in [5, 5.41) is 15.4. The minimum atomic E-state index is -1.06. The maximum atomic E-state index is 11.7. The van der Waals surface area contributed by atoms with Crippen LogP contribution in [0.15, 0.2) is 77.5 Å². The number of nitrogens with zero attached hydrogens (tertiary/aromatic N) is 1. The molecule has 0 aliphatic rings. The number of hydrogen-bond acceptors (Lipinski definition) is 5. The van der Waals surface area contributed by atoms with Crippen molar-refractivity contribution in [2.24, 2.45) is 0 Å². The smallest absolute Gasteiger partial charge is 0.339 e. The van der Waals surface area contributed by atoms with Gasteiger partial charge in [0.25, 0.3) is 0 Å². The number of carboxylic acid groups (broad SMARTS) is 1. The molecule has 0 radical (unpaired) electrons. The molecule has 150 valence electrons. The summed E-state index contributed by atoms with van der Waals surface area (Å²) in [6.07, 6.45) is 1.24. The van der Waals surface area contributed by atoms with Crippen molar-refractivity contribution in [3.05, 3.63) is 78.6 Å². The molecule has 6 heteroatoms. The van der Waals surface area contributed by atoms with Crippen molar-refractivity contribution >= 4 is 22.3 Å². The number of hydrogen-bond donors (Lipinski definition) is 1. The molecule has 4 rings (SSSR count). The van der Waals surface area contributed by atoms with Crippen molar-refractivity contribution in [2.75, 3.05) is 14.2 Å². The highest BCUT2D eigenvalue weighted by atomic mass is 16.5. The van der Waals surface area contributed by atoms with Gasteiger partial charge in [0.1, 0.15) is 17.0 Å². The van der Waals surface area contributed by atoms with Crippen LogP contribution >= 0.6 is 0 Å². The Morgan fingerprint density at radius 1 is 1.00 bits per heavy atom. The Balaban J connectivity index is 1.77. The molecule has 3 aromatic carbocycles. The van der Waals surface area contributed by atoms with Gasteiger partial charge in [0.05, 0.1) is 20.5 Å². The number of aromatic nitrogens is 1. The molecule has 4 aromatic rings. The summed E-state index contributed by atoms with van der Waals surface area (Å²) in [5.41, 5.74) is 3.05. The summed E-state index contributed by atoms with van der Waals surface area (Å²) >= 11 is 0. The molecule has 0 saturated carbocycles. The molecule has 1 heterocycles. The molecule has 0 aliphatic carbocycles. The summed E-state index contributed by atoms with van der Waals surface area (Å²) in [5.74, 6) is 0.296. The van der Waals surface area contributed by atoms with Crippen LogP contribution in [0.25, 0.3) is 38.9 Å². The number of carbonyl (C=O) groups is 1. The number of rotatable bonds is 6. The van der Waals surface area contributed by atoms with Gasteiger partial charge in [-0.1, -0.05) is 35.5 Å². The molecule has 0 aliphatic heterocycles. The third kappa shape index (κ3) is 3.63. The second-order valence-electron chi connectivity index (χ2n) is 6.62. The zero-order chi connectivity index (χ0) is 21.1. The zero-order valence-electron chi connectivity index (χ0n) is 16.5. The number of aliphatic carboxylic acids is 1. The van der Waals surface area contributed by atoms with E-state index in [-0.39, 0.29) is 5.57 Å². The Labute approximate surface area is 173 Å². The van der Waals surface area contributed by atoms with Crippen LogP contribution in [0, 0.1) is 0 Å². The number of carboxylic acids is 1. The maximum absolute atomic E-state index is 11.7. The van der Waals surface area contributed by atoms with Crippen molar-refractivity contribution < 1.29 is 23.9 Å². The Morgan fingerprint density at radius 3 is 2.47 bits per heavy atom. The number of benzene rings is 3. The molecule has 0 saturated heterocycles. The van der Waals surface area contributed by atoms with E-state index in [0.29, 0.717) is 17.0 Å². The fourth-order valence-electron chi connectivity index (χ4n) is 3.32. The van der Waals surface area contributed by atoms with Gasteiger partial charge < -0.3 is 19.1 Å². The van der Waals surface area contributed by atoms with Crippen molar-refractivity contribution in [3.63, 3.8) is 0 Å². The SMILES string of the molecule is COC=C(C(=O)O)c1cccc2ccc(-c3cc(-c4ccc(OC)cc4)no3)cc12. The van der Waals surface area contributed by atoms with Gasteiger partial charge in [0, 0.05) is 17.2 Å². The summed E-state index contributed by atoms with van der Waals surface area (Å²) in [6, 6.07) is 20.7. The average Bonchev–Trinajstić information content (AvgIpc) is 3.27. The second-order valence-corrected chi connectivity index (χ2v) is 6.62. The van der Waals surface area contributed by atoms with Crippen molar-refractivity contribution in [3.8, 4) is 28.3 Å². The van der Waals surface area contributed by atoms with Gasteiger partial charge in [0.2, 0.25) is 0 Å². The largest absolute Gasteiger partial charge is 0.503 e. The van der Waals surface area contributed by atoms with Gasteiger partial charge >= 0.3 is 5.97 Å². The topological polar surface area (TPSA) is 81.8 Å². The van der Waals surface area contributed by atoms with E-state index in [0.717, 1.165) is 27.6 Å². The summed E-state index contributed by atoms with van der Waals surface area (Å²) in [6.45, 7) is 0. The number of fused-ring (bicyclic) bond motifs is 1. The second kappa shape index (κ2) is 8.13. The van der Waals surface area contributed by atoms with Crippen LogP contribution in [-0.4, -0.2) is 30.5 Å². The molecule has 30 heavy (non-hydrogen) atoms. The quantitative estimate of drug-likeness (QED) is 0.351. The number of ether oxygens (including phenoxy) is 2. The molecule has 0 amide bonds. The van der Waals surface area contributed by atoms with Crippen LogP contribution in [0.1, 0.15) is 5.56 Å². The third-order valence-corrected chi connectivity index (χ3v) is 4.82. The highest BCUT2D eigenvalue weighted by Crippen LogP contribution is 2.32. The molecule has 0 atom stereocenters. The number of methoxy groups -OCH3 is 2. The van der Waals surface area contributed by atoms with Gasteiger partial charge in [-0.25, -0.2) is 4.79 Å². The Kier molecular flexibility index (Phi) is 5.22. The van der Waals surface area contributed by atoms with E-state index in [9.17, 15) is 9.90 Å². The van der Waals surface area contributed by atoms with Gasteiger partial charge in [0.15, 0.2) is 5.76 Å². The van der Waals surface area contributed by atoms with Gasteiger partial charge in [-0.2, -0.15) is 0 Å². The van der Waals surface area contributed by atoms with Crippen LogP contribution < -0.4 is 4.74 Å². The van der Waals surface area contributed by atoms with Crippen LogP contribution in [-0.2, 0) is 9.53 Å². The van der Waals surface area contributed by atoms with Gasteiger partial charge in [-0.3, -0.25) is 0 Å². The van der Waals surface area contributed by atoms with E-state index in [4.69, 9.17) is 14.0 Å². The monoisotopic (exact) mass is 401 g/mol. The van der Waals surface area contributed by atoms with Crippen LogP contribution in [0.3, 0.4) is 0 Å². The minimum Gasteiger partial charge on any atom is -0.503 e. The summed E-state index contributed by atoms with van der Waals surface area (Å²) < 4.78 is 15.7. The highest BCUT2D eigenvalue weighted by Gasteiger charge is 2.16. The molecule has 1 N–H and O–H groups in total. The molecule has 0 spiro atoms. The predicted molar refractivity (Wildman–Crippen MR) is 114 cm³/mol. The lowest BCUT2D eigenvalue weighted by molar-refractivity contribution is -0.130. The summed E-state index contributed by atoms with van der Waals surface area (Å²) in [4.78, 5) is 11.7. The molecule has 1 aromatic heterocycles. The first kappa shape index (κ1) is 19.3. The van der Waals surface area contributed by atoms with Crippen LogP contribution in [0.4, 0.5) is 0 Å². The van der Waals surface area contributed by atoms with E-state index in [1.807, 2.05) is 60.7 Å². The molecule has 0 fully saturated rings. The van der Waals surface area contributed by atoms with E-state index in [1.54, 1.807) is 13.2 Å². The molecular formula is C24H19NO5. The minimum absolute atomic E-state index is 0.0803. The predicted octanol–water partition coefficient (Wildman–Crippen LogP) is 5.24. The maximum Gasteiger partial charge on any atom is 0.339 e. The van der Waals surface area contributed by atoms with E-state index < -0.39 is 5.97 Å². The fraction of sp³-hybridized carbons (Fsp3) is 0.0833. The average molecular weight is 401 g/mol. The van der Waals surface area contributed by atoms with Crippen LogP contribution in [0.2, 0.25) is 0 Å². The Bertz CT molecular complexity index is 1240. The third-order valence-electron chi connectivity index (χ3n) is 4.82. The van der Waals surface area contributed by atoms with Crippen molar-refractivity contribution in [1.29, 1.82) is 0 Å². The van der Waals surface area contributed by atoms with Crippen molar-refractivity contribution in [2.45, 2.75) is 0 Å². The standard InChI is InChI=1S/C24H19NO5/c1-28-14-21(24(26)27)19-5-3-4-15-6-7-17(12-20(15)19)23-13-22(25-30-23)16-8-10-18(29-2)11-9-16/h3-14H,1-2H3,(H,26,27). The Morgan fingerprint density at radius 2 is 1.77 bits per heavy atom. The lowest BCUT2D eigenvalue weighted by Crippen LogP contribution is -2.01. The first-order valence-corrected chi connectivity index (χ1v) is 9.21. The van der Waals surface area contributed by atoms with Crippen LogP contribution in [0.5, 0.6) is 5.75 Å². The van der Waals surface area contributed by atoms with E-state index >= 15 is 0 Å². The summed E-state index contributed by atoms with van der Waals surface area (Å²) in [7, 11) is 3.05. The lowest BCUT2D eigenvalue weighted by Gasteiger charge is -2.08. The zero-order valence-corrected chi connectivity index (χ0v) is 16.5. The first-order valence-electron chi connectivity index (χ1n) is 9.21. The lowest BCUT2D eigenvalue weighted by atomic mass is 9.96. The highest BCUT2D eigenvalue weighted by molar-refractivity contribution is 6.19. The normalized spacial score (nSPS) is 11.5. The molecule has 0 unspecified atom stereocenters. The molecule has 0 bridgehead atoms. The Hall–Kier alpha value is -4.06. The molecule has 6 nitrogen and oxygen atoms in total. The fourth-order valence-corrected chi connectivity index (χ4v) is 3.32. The first-order chi connectivity index (χ1) is 14.6. The van der Waals surface area contributed by atoms with E-state index in [2.05, 4.69) is 5.16 Å². The molecular weight excluding hydrogens is 382 g/mol. The van der Waals surface area contributed by atoms with E-state index in [1.165, 1.54) is 13.4 Å². The van der Waals surface area contributed by atoms with Gasteiger partial charge in [-0.05, 0) is 46.7 Å².